The Labute approximate surface area is 219 Å². The number of ether oxygens (including phenoxy) is 4. The van der Waals surface area contributed by atoms with E-state index in [9.17, 15) is 14.9 Å². The van der Waals surface area contributed by atoms with E-state index < -0.39 is 18.0 Å². The Morgan fingerprint density at radius 2 is 1.89 bits per heavy atom. The molecular weight excluding hydrogens is 486 g/mol. The number of hydrogen-bond donors (Lipinski definition) is 2. The van der Waals surface area contributed by atoms with E-state index >= 15 is 0 Å². The molecule has 9 nitrogen and oxygen atoms in total. The molecule has 0 radical (unpaired) electrons. The number of rotatable bonds is 8. The Balaban J connectivity index is 1.48. The average molecular weight is 512 g/mol. The molecule has 192 valence electrons. The van der Waals surface area contributed by atoms with E-state index in [0.29, 0.717) is 46.7 Å². The van der Waals surface area contributed by atoms with Gasteiger partial charge < -0.3 is 29.6 Å². The summed E-state index contributed by atoms with van der Waals surface area (Å²) in [7, 11) is 1.60. The third kappa shape index (κ3) is 5.25. The highest BCUT2D eigenvalue weighted by Crippen LogP contribution is 2.37. The number of amides is 2. The lowest BCUT2D eigenvalue weighted by molar-refractivity contribution is -0.140. The molecule has 2 aliphatic rings. The monoisotopic (exact) mass is 511 g/mol. The molecule has 3 aromatic rings. The molecule has 9 heteroatoms. The quantitative estimate of drug-likeness (QED) is 0.433. The van der Waals surface area contributed by atoms with Gasteiger partial charge in [-0.3, -0.25) is 0 Å². The SMILES string of the molecule is COc1ccccc1CCC1=C(C(=O)OCc2cccc(C#N)c2)C(c2ccc3c(c2)OCO3)NC(=O)N1. The number of esters is 1. The van der Waals surface area contributed by atoms with Gasteiger partial charge in [-0.15, -0.1) is 0 Å². The maximum Gasteiger partial charge on any atom is 0.338 e. The van der Waals surface area contributed by atoms with Crippen LogP contribution in [0.15, 0.2) is 78.0 Å². The van der Waals surface area contributed by atoms with E-state index in [1.54, 1.807) is 49.6 Å². The van der Waals surface area contributed by atoms with Crippen LogP contribution in [0.4, 0.5) is 4.79 Å². The normalized spacial score (nSPS) is 15.8. The number of nitrogens with one attached hydrogen (secondary N) is 2. The largest absolute Gasteiger partial charge is 0.496 e. The number of carbonyl (C=O) groups is 2. The summed E-state index contributed by atoms with van der Waals surface area (Å²) in [5.41, 5.74) is 3.49. The number of nitriles is 1. The van der Waals surface area contributed by atoms with Gasteiger partial charge >= 0.3 is 12.0 Å². The van der Waals surface area contributed by atoms with E-state index in [2.05, 4.69) is 16.7 Å². The number of nitrogens with zero attached hydrogens (tertiary/aromatic N) is 1. The molecule has 2 amide bonds. The zero-order valence-corrected chi connectivity index (χ0v) is 20.7. The molecule has 2 N–H and O–H groups in total. The molecule has 3 aromatic carbocycles. The van der Waals surface area contributed by atoms with Crippen molar-refractivity contribution in [1.82, 2.24) is 10.6 Å². The topological polar surface area (TPSA) is 119 Å². The number of fused-ring (bicyclic) bond motifs is 1. The summed E-state index contributed by atoms with van der Waals surface area (Å²) in [6, 6.07) is 20.6. The van der Waals surface area contributed by atoms with Gasteiger partial charge in [-0.2, -0.15) is 5.26 Å². The summed E-state index contributed by atoms with van der Waals surface area (Å²) in [6.07, 6.45) is 0.887. The van der Waals surface area contributed by atoms with Crippen LogP contribution in [0.3, 0.4) is 0 Å². The van der Waals surface area contributed by atoms with Gasteiger partial charge in [-0.05, 0) is 59.9 Å². The van der Waals surface area contributed by atoms with Crippen LogP contribution in [0.5, 0.6) is 17.2 Å². The van der Waals surface area contributed by atoms with Crippen molar-refractivity contribution in [2.24, 2.45) is 0 Å². The number of aryl methyl sites for hydroxylation is 1. The smallest absolute Gasteiger partial charge is 0.338 e. The van der Waals surface area contributed by atoms with Crippen LogP contribution in [0.2, 0.25) is 0 Å². The van der Waals surface area contributed by atoms with Crippen molar-refractivity contribution in [3.8, 4) is 23.3 Å². The van der Waals surface area contributed by atoms with Gasteiger partial charge in [0.25, 0.3) is 0 Å². The second-order valence-electron chi connectivity index (χ2n) is 8.74. The third-order valence-electron chi connectivity index (χ3n) is 6.37. The minimum absolute atomic E-state index is 0.0283. The molecular formula is C29H25N3O6. The van der Waals surface area contributed by atoms with E-state index in [4.69, 9.17) is 18.9 Å². The lowest BCUT2D eigenvalue weighted by Gasteiger charge is -2.29. The van der Waals surface area contributed by atoms with Crippen LogP contribution in [-0.2, 0) is 22.6 Å². The first-order valence-electron chi connectivity index (χ1n) is 12.0. The highest BCUT2D eigenvalue weighted by molar-refractivity contribution is 5.95. The zero-order valence-electron chi connectivity index (χ0n) is 20.7. The molecule has 0 aromatic heterocycles. The third-order valence-corrected chi connectivity index (χ3v) is 6.37. The lowest BCUT2D eigenvalue weighted by Crippen LogP contribution is -2.46. The van der Waals surface area contributed by atoms with Gasteiger partial charge in [0.15, 0.2) is 11.5 Å². The molecule has 0 bridgehead atoms. The van der Waals surface area contributed by atoms with Crippen LogP contribution in [0, 0.1) is 11.3 Å². The second kappa shape index (κ2) is 11.0. The van der Waals surface area contributed by atoms with Crippen molar-refractivity contribution in [2.45, 2.75) is 25.5 Å². The number of carbonyl (C=O) groups excluding carboxylic acids is 2. The maximum atomic E-state index is 13.6. The summed E-state index contributed by atoms with van der Waals surface area (Å²) in [5.74, 6) is 1.27. The van der Waals surface area contributed by atoms with Gasteiger partial charge in [-0.25, -0.2) is 9.59 Å². The van der Waals surface area contributed by atoms with Gasteiger partial charge in [0.1, 0.15) is 12.4 Å². The van der Waals surface area contributed by atoms with Gasteiger partial charge in [-0.1, -0.05) is 36.4 Å². The fourth-order valence-corrected chi connectivity index (χ4v) is 4.53. The number of allylic oxidation sites excluding steroid dienone is 1. The molecule has 1 atom stereocenters. The van der Waals surface area contributed by atoms with E-state index in [0.717, 1.165) is 11.3 Å². The van der Waals surface area contributed by atoms with Gasteiger partial charge in [0, 0.05) is 5.70 Å². The number of para-hydroxylation sites is 1. The Hall–Kier alpha value is -4.97. The van der Waals surface area contributed by atoms with Crippen LogP contribution in [0.25, 0.3) is 0 Å². The van der Waals surface area contributed by atoms with E-state index in [-0.39, 0.29) is 19.0 Å². The summed E-state index contributed by atoms with van der Waals surface area (Å²) >= 11 is 0. The van der Waals surface area contributed by atoms with Crippen LogP contribution in [0.1, 0.15) is 34.7 Å². The number of benzene rings is 3. The first kappa shape index (κ1) is 24.7. The second-order valence-corrected chi connectivity index (χ2v) is 8.74. The standard InChI is InChI=1S/C29H25N3O6/c1-35-23-8-3-2-7-20(23)9-11-22-26(28(33)36-16-19-6-4-5-18(13-19)15-30)27(32-29(34)31-22)21-10-12-24-25(14-21)38-17-37-24/h2-8,10,12-14,27H,9,11,16-17H2,1H3,(H2,31,32,34). The van der Waals surface area contributed by atoms with Crippen molar-refractivity contribution in [3.05, 3.63) is 100 Å². The molecule has 0 aliphatic carbocycles. The summed E-state index contributed by atoms with van der Waals surface area (Å²) in [5, 5.41) is 14.8. The van der Waals surface area contributed by atoms with Gasteiger partial charge in [0.05, 0.1) is 30.4 Å². The number of methoxy groups -OCH3 is 1. The van der Waals surface area contributed by atoms with Crippen molar-refractivity contribution in [1.29, 1.82) is 5.26 Å². The minimum atomic E-state index is -0.774. The number of hydrogen-bond acceptors (Lipinski definition) is 7. The summed E-state index contributed by atoms with van der Waals surface area (Å²) in [6.45, 7) is 0.0769. The number of urea groups is 1. The first-order chi connectivity index (χ1) is 18.6. The lowest BCUT2D eigenvalue weighted by atomic mass is 9.92. The Kier molecular flexibility index (Phi) is 7.13. The Bertz CT molecular complexity index is 1460. The molecule has 5 rings (SSSR count). The van der Waals surface area contributed by atoms with Crippen molar-refractivity contribution >= 4 is 12.0 Å². The van der Waals surface area contributed by atoms with E-state index in [1.165, 1.54) is 0 Å². The Morgan fingerprint density at radius 1 is 1.05 bits per heavy atom. The molecule has 0 spiro atoms. The van der Waals surface area contributed by atoms with E-state index in [1.807, 2.05) is 24.3 Å². The predicted octanol–water partition coefficient (Wildman–Crippen LogP) is 4.28. The van der Waals surface area contributed by atoms with Crippen LogP contribution < -0.4 is 24.8 Å². The zero-order chi connectivity index (χ0) is 26.5. The highest BCUT2D eigenvalue weighted by atomic mass is 16.7. The van der Waals surface area contributed by atoms with Crippen LogP contribution >= 0.6 is 0 Å². The predicted molar refractivity (Wildman–Crippen MR) is 136 cm³/mol. The summed E-state index contributed by atoms with van der Waals surface area (Å²) < 4.78 is 22.1. The fraction of sp³-hybridized carbons (Fsp3) is 0.207. The van der Waals surface area contributed by atoms with Gasteiger partial charge in [0.2, 0.25) is 6.79 Å². The summed E-state index contributed by atoms with van der Waals surface area (Å²) in [4.78, 5) is 26.3. The average Bonchev–Trinajstić information content (AvgIpc) is 3.43. The first-order valence-corrected chi connectivity index (χ1v) is 12.0. The van der Waals surface area contributed by atoms with Crippen molar-refractivity contribution < 1.29 is 28.5 Å². The fourth-order valence-electron chi connectivity index (χ4n) is 4.53. The molecule has 0 fully saturated rings. The molecule has 0 saturated carbocycles. The maximum absolute atomic E-state index is 13.6. The highest BCUT2D eigenvalue weighted by Gasteiger charge is 2.34. The molecule has 1 unspecified atom stereocenters. The molecule has 2 heterocycles. The van der Waals surface area contributed by atoms with Crippen molar-refractivity contribution in [3.63, 3.8) is 0 Å². The van der Waals surface area contributed by atoms with Crippen molar-refractivity contribution in [2.75, 3.05) is 13.9 Å². The minimum Gasteiger partial charge on any atom is -0.496 e. The van der Waals surface area contributed by atoms with Crippen LogP contribution in [-0.4, -0.2) is 25.9 Å². The molecule has 0 saturated heterocycles. The molecule has 2 aliphatic heterocycles. The Morgan fingerprint density at radius 3 is 2.74 bits per heavy atom. The molecule has 38 heavy (non-hydrogen) atoms.